The highest BCUT2D eigenvalue weighted by atomic mass is 16.2. The summed E-state index contributed by atoms with van der Waals surface area (Å²) in [6.07, 6.45) is 5.58. The highest BCUT2D eigenvalue weighted by Gasteiger charge is 2.29. The number of imidazole rings is 1. The van der Waals surface area contributed by atoms with Crippen LogP contribution in [0.4, 0.5) is 5.69 Å². The predicted octanol–water partition coefficient (Wildman–Crippen LogP) is 4.50. The maximum atomic E-state index is 13.6. The summed E-state index contributed by atoms with van der Waals surface area (Å²) in [5, 5.41) is 9.04. The number of amides is 1. The smallest absolute Gasteiger partial charge is 0.232 e. The Hall–Kier alpha value is -4.96. The number of rotatable bonds is 5. The Kier molecular flexibility index (Phi) is 5.83. The van der Waals surface area contributed by atoms with Gasteiger partial charge in [0.05, 0.1) is 49.4 Å². The molecule has 7 nitrogen and oxygen atoms in total. The first-order valence-corrected chi connectivity index (χ1v) is 12.2. The quantitative estimate of drug-likeness (QED) is 0.418. The molecule has 2 aliphatic rings. The van der Waals surface area contributed by atoms with Gasteiger partial charge in [-0.05, 0) is 34.9 Å². The Morgan fingerprint density at radius 3 is 2.54 bits per heavy atom. The van der Waals surface area contributed by atoms with Crippen molar-refractivity contribution in [2.24, 2.45) is 4.99 Å². The number of fused-ring (bicyclic) bond motifs is 3. The number of nitriles is 1. The Morgan fingerprint density at radius 1 is 0.946 bits per heavy atom. The van der Waals surface area contributed by atoms with Crippen LogP contribution in [-0.2, 0) is 24.3 Å². The highest BCUT2D eigenvalue weighted by Crippen LogP contribution is 2.33. The molecule has 0 aliphatic carbocycles. The largest absolute Gasteiger partial charge is 0.330 e. The number of aliphatic imine (C=N–C) groups is 1. The maximum Gasteiger partial charge on any atom is 0.232 e. The number of anilines is 1. The van der Waals surface area contributed by atoms with E-state index in [4.69, 9.17) is 10.3 Å². The second-order valence-electron chi connectivity index (χ2n) is 9.15. The van der Waals surface area contributed by atoms with E-state index in [0.717, 1.165) is 39.6 Å². The zero-order valence-electron chi connectivity index (χ0n) is 20.2. The molecule has 0 spiro atoms. The van der Waals surface area contributed by atoms with Crippen LogP contribution in [0.2, 0.25) is 0 Å². The van der Waals surface area contributed by atoms with Crippen LogP contribution < -0.4 is 4.90 Å². The van der Waals surface area contributed by atoms with Crippen LogP contribution in [0, 0.1) is 11.3 Å². The summed E-state index contributed by atoms with van der Waals surface area (Å²) in [6.45, 7) is 1.72. The average molecular weight is 485 g/mol. The minimum Gasteiger partial charge on any atom is -0.330 e. The number of para-hydroxylation sites is 1. The molecule has 0 fully saturated rings. The Bertz CT molecular complexity index is 1560. The summed E-state index contributed by atoms with van der Waals surface area (Å²) in [4.78, 5) is 26.8. The molecule has 0 atom stereocenters. The van der Waals surface area contributed by atoms with Crippen molar-refractivity contribution in [3.63, 3.8) is 0 Å². The molecule has 4 aromatic rings. The average Bonchev–Trinajstić information content (AvgIpc) is 3.52. The Balaban J connectivity index is 1.27. The lowest BCUT2D eigenvalue weighted by Gasteiger charge is -2.20. The highest BCUT2D eigenvalue weighted by molar-refractivity contribution is 6.07. The summed E-state index contributed by atoms with van der Waals surface area (Å²) in [5.74, 6) is 0.748. The lowest BCUT2D eigenvalue weighted by Crippen LogP contribution is -2.27. The fraction of sp³-hybridized carbons (Fsp3) is 0.133. The van der Waals surface area contributed by atoms with Crippen LogP contribution in [0.25, 0.3) is 0 Å². The number of benzene rings is 3. The fourth-order valence-corrected chi connectivity index (χ4v) is 4.77. The molecule has 37 heavy (non-hydrogen) atoms. The van der Waals surface area contributed by atoms with Crippen molar-refractivity contribution in [1.29, 1.82) is 5.26 Å². The first-order chi connectivity index (χ1) is 18.2. The molecule has 3 aromatic carbocycles. The van der Waals surface area contributed by atoms with E-state index in [9.17, 15) is 4.79 Å². The molecular weight excluding hydrogens is 460 g/mol. The van der Waals surface area contributed by atoms with Gasteiger partial charge in [-0.15, -0.1) is 0 Å². The van der Waals surface area contributed by atoms with Gasteiger partial charge >= 0.3 is 0 Å². The topological polar surface area (TPSA) is 77.5 Å². The number of aromatic nitrogens is 2. The van der Waals surface area contributed by atoms with Crippen molar-refractivity contribution < 1.29 is 4.79 Å². The number of nitrogens with zero attached hydrogens (tertiary/aromatic N) is 6. The number of hydrogen-bond acceptors (Lipinski definition) is 5. The van der Waals surface area contributed by atoms with Crippen LogP contribution in [0.1, 0.15) is 27.9 Å². The van der Waals surface area contributed by atoms with E-state index >= 15 is 0 Å². The van der Waals surface area contributed by atoms with Crippen molar-refractivity contribution in [2.75, 3.05) is 11.4 Å². The third kappa shape index (κ3) is 4.53. The van der Waals surface area contributed by atoms with Crippen LogP contribution in [0.3, 0.4) is 0 Å². The molecule has 7 heteroatoms. The first-order valence-electron chi connectivity index (χ1n) is 12.2. The van der Waals surface area contributed by atoms with E-state index in [1.165, 1.54) is 0 Å². The summed E-state index contributed by atoms with van der Waals surface area (Å²) in [5.41, 5.74) is 6.72. The van der Waals surface area contributed by atoms with Crippen molar-refractivity contribution in [2.45, 2.75) is 19.5 Å². The maximum absolute atomic E-state index is 13.6. The lowest BCUT2D eigenvalue weighted by molar-refractivity contribution is -0.128. The van der Waals surface area contributed by atoms with Gasteiger partial charge in [0.15, 0.2) is 0 Å². The van der Waals surface area contributed by atoms with Crippen LogP contribution in [-0.4, -0.2) is 32.6 Å². The molecule has 2 aliphatic heterocycles. The second kappa shape index (κ2) is 9.59. The van der Waals surface area contributed by atoms with Gasteiger partial charge in [-0.25, -0.2) is 9.98 Å². The van der Waals surface area contributed by atoms with Gasteiger partial charge in [0.1, 0.15) is 5.82 Å². The number of carbonyl (C=O) groups is 1. The summed E-state index contributed by atoms with van der Waals surface area (Å²) in [7, 11) is 0. The third-order valence-electron chi connectivity index (χ3n) is 6.72. The molecule has 1 amide bonds. The zero-order chi connectivity index (χ0) is 25.2. The van der Waals surface area contributed by atoms with E-state index in [0.29, 0.717) is 25.2 Å². The monoisotopic (exact) mass is 484 g/mol. The van der Waals surface area contributed by atoms with E-state index in [1.807, 2.05) is 53.2 Å². The van der Waals surface area contributed by atoms with E-state index < -0.39 is 0 Å². The molecule has 0 radical (unpaired) electrons. The van der Waals surface area contributed by atoms with Crippen LogP contribution in [0.15, 0.2) is 108 Å². The number of carbonyl (C=O) groups excluding carboxylic acids is 1. The second-order valence-corrected chi connectivity index (χ2v) is 9.15. The van der Waals surface area contributed by atoms with Crippen LogP contribution >= 0.6 is 0 Å². The van der Waals surface area contributed by atoms with Crippen LogP contribution in [0.5, 0.6) is 0 Å². The molecule has 0 N–H and O–H groups in total. The third-order valence-corrected chi connectivity index (χ3v) is 6.72. The molecule has 6 rings (SSSR count). The summed E-state index contributed by atoms with van der Waals surface area (Å²) < 4.78 is 1.98. The molecule has 0 saturated carbocycles. The van der Waals surface area contributed by atoms with Gasteiger partial charge in [0.2, 0.25) is 5.91 Å². The molecule has 1 aromatic heterocycles. The van der Waals surface area contributed by atoms with Gasteiger partial charge in [0.25, 0.3) is 0 Å². The van der Waals surface area contributed by atoms with Crippen molar-refractivity contribution in [1.82, 2.24) is 14.5 Å². The molecule has 0 bridgehead atoms. The fourth-order valence-electron chi connectivity index (χ4n) is 4.77. The van der Waals surface area contributed by atoms with E-state index in [-0.39, 0.29) is 12.3 Å². The van der Waals surface area contributed by atoms with Gasteiger partial charge in [-0.1, -0.05) is 60.7 Å². The van der Waals surface area contributed by atoms with Gasteiger partial charge < -0.3 is 14.4 Å². The molecule has 180 valence electrons. The Morgan fingerprint density at radius 2 is 1.73 bits per heavy atom. The predicted molar refractivity (Wildman–Crippen MR) is 142 cm³/mol. The van der Waals surface area contributed by atoms with Gasteiger partial charge in [-0.2, -0.15) is 5.26 Å². The summed E-state index contributed by atoms with van der Waals surface area (Å²) >= 11 is 0. The summed E-state index contributed by atoms with van der Waals surface area (Å²) in [6, 6.07) is 27.9. The van der Waals surface area contributed by atoms with Gasteiger partial charge in [0, 0.05) is 24.1 Å². The Labute approximate surface area is 215 Å². The van der Waals surface area contributed by atoms with E-state index in [2.05, 4.69) is 40.2 Å². The lowest BCUT2D eigenvalue weighted by atomic mass is 10.1. The molecule has 0 unspecified atom stereocenters. The first kappa shape index (κ1) is 22.5. The molecular formula is C30H24N6O. The SMILES string of the molecule is N#Cc1ccc(Cn2cncc2CC(=O)N2C=C3N=C(c4ccccc4)CN3c3ccccc3C2)cc1. The zero-order valence-corrected chi connectivity index (χ0v) is 20.2. The standard InChI is InChI=1S/C30H24N6O/c31-15-22-10-12-23(13-11-22)17-35-21-32-16-26(35)14-30(37)34-18-25-8-4-5-9-28(25)36-19-27(33-29(36)20-34)24-6-2-1-3-7-24/h1-13,16,20-21H,14,17-19H2. The van der Waals surface area contributed by atoms with Gasteiger partial charge in [-0.3, -0.25) is 4.79 Å². The minimum atomic E-state index is -0.0194. The minimum absolute atomic E-state index is 0.0194. The normalized spacial score (nSPS) is 14.2. The number of hydrogen-bond donors (Lipinski definition) is 0. The molecule has 3 heterocycles. The van der Waals surface area contributed by atoms with E-state index in [1.54, 1.807) is 29.6 Å². The van der Waals surface area contributed by atoms with Crippen molar-refractivity contribution >= 4 is 17.3 Å². The van der Waals surface area contributed by atoms with Crippen molar-refractivity contribution in [3.8, 4) is 6.07 Å². The molecule has 0 saturated heterocycles. The van der Waals surface area contributed by atoms with Crippen molar-refractivity contribution in [3.05, 3.63) is 131 Å².